The molecule has 1 aromatic heterocycles. The van der Waals surface area contributed by atoms with E-state index in [2.05, 4.69) is 51.4 Å². The third kappa shape index (κ3) is 6.62. The molecule has 8 nitrogen and oxygen atoms in total. The monoisotopic (exact) mass is 474 g/mol. The molecule has 0 radical (unpaired) electrons. The topological polar surface area (TPSA) is 96.6 Å². The highest BCUT2D eigenvalue weighted by atomic mass is 16.6. The number of likely N-dealkylation sites (tertiary alicyclic amines) is 1. The summed E-state index contributed by atoms with van der Waals surface area (Å²) in [5, 5.41) is 3.43. The number of nitrogens with two attached hydrogens (primary N) is 1. The molecule has 4 rings (SSSR count). The highest BCUT2D eigenvalue weighted by molar-refractivity contribution is 5.75. The van der Waals surface area contributed by atoms with E-state index in [4.69, 9.17) is 10.5 Å². The predicted octanol–water partition coefficient (Wildman–Crippen LogP) is 4.69. The van der Waals surface area contributed by atoms with E-state index in [1.807, 2.05) is 36.4 Å². The van der Waals surface area contributed by atoms with Crippen LogP contribution in [-0.2, 0) is 17.8 Å². The zero-order chi connectivity index (χ0) is 24.5. The number of carbonyl (C=O) groups is 1. The number of rotatable bonds is 10. The van der Waals surface area contributed by atoms with Crippen LogP contribution >= 0.6 is 0 Å². The fourth-order valence-corrected chi connectivity index (χ4v) is 4.20. The van der Waals surface area contributed by atoms with Gasteiger partial charge in [-0.15, -0.1) is 0 Å². The van der Waals surface area contributed by atoms with E-state index < -0.39 is 0 Å². The molecule has 3 N–H and O–H groups in total. The molecule has 1 aliphatic heterocycles. The summed E-state index contributed by atoms with van der Waals surface area (Å²) in [4.78, 5) is 25.2. The molecule has 0 saturated carbocycles. The third-order valence-electron chi connectivity index (χ3n) is 6.11. The molecule has 184 valence electrons. The van der Waals surface area contributed by atoms with E-state index in [1.165, 1.54) is 11.1 Å². The minimum Gasteiger partial charge on any atom is -0.449 e. The van der Waals surface area contributed by atoms with Gasteiger partial charge in [-0.1, -0.05) is 74.0 Å². The van der Waals surface area contributed by atoms with Gasteiger partial charge in [0.15, 0.2) is 11.6 Å². The molecule has 8 heteroatoms. The van der Waals surface area contributed by atoms with Crippen LogP contribution in [0.5, 0.6) is 0 Å². The van der Waals surface area contributed by atoms with Crippen LogP contribution in [-0.4, -0.2) is 46.7 Å². The number of anilines is 3. The van der Waals surface area contributed by atoms with Crippen LogP contribution in [0.1, 0.15) is 37.3 Å². The number of nitrogens with one attached hydrogen (secondary N) is 1. The largest absolute Gasteiger partial charge is 0.449 e. The summed E-state index contributed by atoms with van der Waals surface area (Å²) in [6.07, 6.45) is 3.97. The minimum atomic E-state index is -0.254. The first-order valence-electron chi connectivity index (χ1n) is 12.3. The van der Waals surface area contributed by atoms with Crippen molar-refractivity contribution in [3.05, 3.63) is 78.1 Å². The lowest BCUT2D eigenvalue weighted by molar-refractivity contribution is 0.109. The zero-order valence-corrected chi connectivity index (χ0v) is 20.3. The van der Waals surface area contributed by atoms with Crippen molar-refractivity contribution in [2.45, 2.75) is 45.3 Å². The molecule has 1 saturated heterocycles. The van der Waals surface area contributed by atoms with Crippen LogP contribution in [0, 0.1) is 0 Å². The number of benzene rings is 2. The van der Waals surface area contributed by atoms with Crippen molar-refractivity contribution in [2.24, 2.45) is 0 Å². The van der Waals surface area contributed by atoms with Crippen molar-refractivity contribution in [3.63, 3.8) is 0 Å². The first kappa shape index (κ1) is 24.3. The average Bonchev–Trinajstić information content (AvgIpc) is 3.35. The van der Waals surface area contributed by atoms with Gasteiger partial charge >= 0.3 is 6.09 Å². The second-order valence-electron chi connectivity index (χ2n) is 8.83. The Bertz CT molecular complexity index is 1040. The lowest BCUT2D eigenvalue weighted by Crippen LogP contribution is -2.32. The highest BCUT2D eigenvalue weighted by Crippen LogP contribution is 2.30. The lowest BCUT2D eigenvalue weighted by atomic mass is 10.1. The van der Waals surface area contributed by atoms with Gasteiger partial charge in [0.25, 0.3) is 0 Å². The fourth-order valence-electron chi connectivity index (χ4n) is 4.20. The second-order valence-corrected chi connectivity index (χ2v) is 8.83. The lowest BCUT2D eigenvalue weighted by Gasteiger charge is -2.26. The Hall–Kier alpha value is -3.81. The molecule has 1 unspecified atom stereocenters. The van der Waals surface area contributed by atoms with Crippen molar-refractivity contribution in [1.29, 1.82) is 0 Å². The number of nitrogen functional groups attached to an aromatic ring is 1. The summed E-state index contributed by atoms with van der Waals surface area (Å²) >= 11 is 0. The van der Waals surface area contributed by atoms with E-state index >= 15 is 0 Å². The summed E-state index contributed by atoms with van der Waals surface area (Å²) in [5.41, 5.74) is 9.45. The number of carbonyl (C=O) groups excluding carboxylic acids is 1. The van der Waals surface area contributed by atoms with Gasteiger partial charge in [-0.3, -0.25) is 0 Å². The Morgan fingerprint density at radius 3 is 2.37 bits per heavy atom. The Balaban J connectivity index is 1.48. The maximum atomic E-state index is 12.3. The van der Waals surface area contributed by atoms with Crippen LogP contribution in [0.3, 0.4) is 0 Å². The molecule has 1 fully saturated rings. The molecule has 0 aliphatic carbocycles. The van der Waals surface area contributed by atoms with E-state index in [0.717, 1.165) is 19.3 Å². The molecular weight excluding hydrogens is 440 g/mol. The van der Waals surface area contributed by atoms with E-state index in [1.54, 1.807) is 11.2 Å². The Morgan fingerprint density at radius 1 is 1.09 bits per heavy atom. The zero-order valence-electron chi connectivity index (χ0n) is 20.3. The van der Waals surface area contributed by atoms with E-state index in [9.17, 15) is 4.79 Å². The van der Waals surface area contributed by atoms with E-state index in [0.29, 0.717) is 50.1 Å². The number of ether oxygens (including phenoxy) is 1. The fraction of sp³-hybridized carbons (Fsp3) is 0.370. The van der Waals surface area contributed by atoms with Crippen molar-refractivity contribution in [2.75, 3.05) is 35.6 Å². The number of amides is 1. The second kappa shape index (κ2) is 12.1. The SMILES string of the molecule is CCCCOC(=O)N1CCC(Nc2ncnc(N(Cc3ccccc3)Cc3ccccc3)c2N)C1. The summed E-state index contributed by atoms with van der Waals surface area (Å²) in [6.45, 7) is 5.07. The highest BCUT2D eigenvalue weighted by Gasteiger charge is 2.28. The molecule has 1 atom stereocenters. The molecule has 0 bridgehead atoms. The first-order chi connectivity index (χ1) is 17.1. The van der Waals surface area contributed by atoms with Crippen molar-refractivity contribution in [3.8, 4) is 0 Å². The molecule has 3 aromatic rings. The summed E-state index contributed by atoms with van der Waals surface area (Å²) < 4.78 is 5.35. The summed E-state index contributed by atoms with van der Waals surface area (Å²) in [6, 6.07) is 20.6. The number of aromatic nitrogens is 2. The van der Waals surface area contributed by atoms with Gasteiger partial charge in [-0.25, -0.2) is 14.8 Å². The number of nitrogens with zero attached hydrogens (tertiary/aromatic N) is 4. The number of hydrogen-bond donors (Lipinski definition) is 2. The Morgan fingerprint density at radius 2 is 1.74 bits per heavy atom. The summed E-state index contributed by atoms with van der Waals surface area (Å²) in [7, 11) is 0. The van der Waals surface area contributed by atoms with E-state index in [-0.39, 0.29) is 12.1 Å². The van der Waals surface area contributed by atoms with Gasteiger partial charge in [-0.2, -0.15) is 0 Å². The van der Waals surface area contributed by atoms with Gasteiger partial charge in [0.2, 0.25) is 0 Å². The van der Waals surface area contributed by atoms with Gasteiger partial charge < -0.3 is 25.6 Å². The van der Waals surface area contributed by atoms with Gasteiger partial charge in [0.05, 0.1) is 6.61 Å². The van der Waals surface area contributed by atoms with Gasteiger partial charge in [0, 0.05) is 32.2 Å². The van der Waals surface area contributed by atoms with Gasteiger partial charge in [0.1, 0.15) is 12.0 Å². The van der Waals surface area contributed by atoms with Crippen LogP contribution in [0.25, 0.3) is 0 Å². The standard InChI is InChI=1S/C27H34N6O2/c1-2-3-16-35-27(34)32-15-14-23(19-32)31-25-24(28)26(30-20-29-25)33(17-21-10-6-4-7-11-21)18-22-12-8-5-9-13-22/h4-13,20,23H,2-3,14-19,28H2,1H3,(H,29,30,31). The molecular formula is C27H34N6O2. The summed E-state index contributed by atoms with van der Waals surface area (Å²) in [5.74, 6) is 1.27. The van der Waals surface area contributed by atoms with Crippen LogP contribution in [0.4, 0.5) is 22.1 Å². The molecule has 1 amide bonds. The van der Waals surface area contributed by atoms with Crippen molar-refractivity contribution < 1.29 is 9.53 Å². The smallest absolute Gasteiger partial charge is 0.409 e. The van der Waals surface area contributed by atoms with Crippen LogP contribution in [0.15, 0.2) is 67.0 Å². The third-order valence-corrected chi connectivity index (χ3v) is 6.11. The normalized spacial score (nSPS) is 15.1. The maximum absolute atomic E-state index is 12.3. The molecule has 1 aliphatic rings. The quantitative estimate of drug-likeness (QED) is 0.412. The molecule has 35 heavy (non-hydrogen) atoms. The molecule has 2 aromatic carbocycles. The first-order valence-corrected chi connectivity index (χ1v) is 12.3. The van der Waals surface area contributed by atoms with Crippen molar-refractivity contribution in [1.82, 2.24) is 14.9 Å². The van der Waals surface area contributed by atoms with Crippen LogP contribution < -0.4 is 16.0 Å². The molecule has 0 spiro atoms. The number of unbranched alkanes of at least 4 members (excludes halogenated alkanes) is 1. The maximum Gasteiger partial charge on any atom is 0.409 e. The predicted molar refractivity (Wildman–Crippen MR) is 139 cm³/mol. The molecule has 2 heterocycles. The van der Waals surface area contributed by atoms with Crippen molar-refractivity contribution >= 4 is 23.4 Å². The van der Waals surface area contributed by atoms with Gasteiger partial charge in [-0.05, 0) is 24.0 Å². The minimum absolute atomic E-state index is 0.0514. The van der Waals surface area contributed by atoms with Crippen LogP contribution in [0.2, 0.25) is 0 Å². The number of hydrogen-bond acceptors (Lipinski definition) is 7. The Kier molecular flexibility index (Phi) is 8.38. The average molecular weight is 475 g/mol. The Labute approximate surface area is 207 Å².